The zero-order valence-electron chi connectivity index (χ0n) is 10.8. The van der Waals surface area contributed by atoms with Crippen LogP contribution in [0.4, 0.5) is 5.82 Å². The summed E-state index contributed by atoms with van der Waals surface area (Å²) in [5.41, 5.74) is 1.29. The number of carbonyl (C=O) groups is 1. The summed E-state index contributed by atoms with van der Waals surface area (Å²) < 4.78 is 1.48. The predicted molar refractivity (Wildman–Crippen MR) is 71.4 cm³/mol. The fourth-order valence-corrected chi connectivity index (χ4v) is 1.79. The van der Waals surface area contributed by atoms with Crippen LogP contribution < -0.4 is 5.32 Å². The van der Waals surface area contributed by atoms with Gasteiger partial charge in [-0.05, 0) is 12.5 Å². The van der Waals surface area contributed by atoms with Crippen molar-refractivity contribution < 1.29 is 4.79 Å². The number of aromatic nitrogens is 2. The van der Waals surface area contributed by atoms with Crippen molar-refractivity contribution in [1.82, 2.24) is 9.78 Å². The number of amides is 1. The zero-order valence-corrected chi connectivity index (χ0v) is 10.8. The number of carbonyl (C=O) groups excluding carboxylic acids is 1. The number of nitrogens with zero attached hydrogens (tertiary/aromatic N) is 3. The molecule has 2 rings (SSSR count). The van der Waals surface area contributed by atoms with Gasteiger partial charge in [-0.1, -0.05) is 30.3 Å². The van der Waals surface area contributed by atoms with Gasteiger partial charge in [0.1, 0.15) is 17.5 Å². The molecule has 5 nitrogen and oxygen atoms in total. The largest absolute Gasteiger partial charge is 0.309 e. The highest BCUT2D eigenvalue weighted by atomic mass is 16.2. The molecule has 1 unspecified atom stereocenters. The Hall–Kier alpha value is -2.61. The molecule has 96 valence electrons. The maximum Gasteiger partial charge on any atom is 0.232 e. The molecule has 1 atom stereocenters. The summed E-state index contributed by atoms with van der Waals surface area (Å²) in [6, 6.07) is 11.5. The van der Waals surface area contributed by atoms with Crippen molar-refractivity contribution in [2.24, 2.45) is 7.05 Å². The van der Waals surface area contributed by atoms with Gasteiger partial charge in [0.25, 0.3) is 0 Å². The van der Waals surface area contributed by atoms with Crippen molar-refractivity contribution in [3.8, 4) is 6.07 Å². The van der Waals surface area contributed by atoms with Crippen LogP contribution in [0.3, 0.4) is 0 Å². The molecule has 0 aliphatic heterocycles. The molecule has 19 heavy (non-hydrogen) atoms. The van der Waals surface area contributed by atoms with Gasteiger partial charge in [0.2, 0.25) is 5.91 Å². The second kappa shape index (κ2) is 5.36. The molecule has 0 radical (unpaired) electrons. The average molecular weight is 254 g/mol. The number of aryl methyl sites for hydroxylation is 1. The molecule has 1 aromatic heterocycles. The van der Waals surface area contributed by atoms with Gasteiger partial charge in [0.15, 0.2) is 0 Å². The molecule has 1 aromatic carbocycles. The second-order valence-corrected chi connectivity index (χ2v) is 4.26. The Morgan fingerprint density at radius 3 is 2.74 bits per heavy atom. The van der Waals surface area contributed by atoms with E-state index >= 15 is 0 Å². The van der Waals surface area contributed by atoms with E-state index in [1.54, 1.807) is 7.05 Å². The molecular formula is C14H14N4O. The van der Waals surface area contributed by atoms with Crippen molar-refractivity contribution in [3.63, 3.8) is 0 Å². The third-order valence-electron chi connectivity index (χ3n) is 2.99. The minimum absolute atomic E-state index is 0.161. The highest BCUT2D eigenvalue weighted by Crippen LogP contribution is 2.19. The monoisotopic (exact) mass is 254 g/mol. The lowest BCUT2D eigenvalue weighted by atomic mass is 10.0. The van der Waals surface area contributed by atoms with Crippen molar-refractivity contribution in [1.29, 1.82) is 5.26 Å². The quantitative estimate of drug-likeness (QED) is 0.911. The van der Waals surface area contributed by atoms with Crippen LogP contribution >= 0.6 is 0 Å². The first-order valence-corrected chi connectivity index (χ1v) is 5.91. The lowest BCUT2D eigenvalue weighted by Crippen LogP contribution is -2.21. The number of nitriles is 1. The second-order valence-electron chi connectivity index (χ2n) is 4.26. The third kappa shape index (κ3) is 2.63. The molecular weight excluding hydrogens is 240 g/mol. The number of benzene rings is 1. The Kier molecular flexibility index (Phi) is 3.62. The first-order chi connectivity index (χ1) is 9.13. The first-order valence-electron chi connectivity index (χ1n) is 5.91. The van der Waals surface area contributed by atoms with Crippen molar-refractivity contribution >= 4 is 11.7 Å². The number of hydrogen-bond acceptors (Lipinski definition) is 3. The summed E-state index contributed by atoms with van der Waals surface area (Å²) in [5.74, 6) is -0.0239. The summed E-state index contributed by atoms with van der Waals surface area (Å²) in [5, 5.41) is 15.6. The van der Waals surface area contributed by atoms with E-state index in [2.05, 4.69) is 10.4 Å². The molecule has 1 N–H and O–H groups in total. The van der Waals surface area contributed by atoms with Gasteiger partial charge < -0.3 is 5.32 Å². The number of anilines is 1. The molecule has 0 saturated carbocycles. The Morgan fingerprint density at radius 1 is 1.42 bits per heavy atom. The summed E-state index contributed by atoms with van der Waals surface area (Å²) in [7, 11) is 1.68. The minimum Gasteiger partial charge on any atom is -0.309 e. The summed E-state index contributed by atoms with van der Waals surface area (Å²) >= 11 is 0. The smallest absolute Gasteiger partial charge is 0.232 e. The van der Waals surface area contributed by atoms with Crippen LogP contribution in [0.5, 0.6) is 0 Å². The standard InChI is InChI=1S/C14H14N4O/c1-10(11-6-4-3-5-7-11)14(19)17-13-12(8-15)9-16-18(13)2/h3-7,9-10H,1-2H3,(H,17,19). The lowest BCUT2D eigenvalue weighted by Gasteiger charge is -2.12. The summed E-state index contributed by atoms with van der Waals surface area (Å²) in [4.78, 5) is 12.2. The van der Waals surface area contributed by atoms with Crippen LogP contribution in [-0.4, -0.2) is 15.7 Å². The normalized spacial score (nSPS) is 11.6. The molecule has 0 aliphatic carbocycles. The van der Waals surface area contributed by atoms with Crippen molar-refractivity contribution in [3.05, 3.63) is 47.7 Å². The first kappa shape index (κ1) is 12.8. The lowest BCUT2D eigenvalue weighted by molar-refractivity contribution is -0.117. The molecule has 0 fully saturated rings. The molecule has 1 heterocycles. The maximum atomic E-state index is 12.2. The molecule has 0 bridgehead atoms. The van der Waals surface area contributed by atoms with Gasteiger partial charge in [-0.15, -0.1) is 0 Å². The molecule has 5 heteroatoms. The molecule has 2 aromatic rings. The maximum absolute atomic E-state index is 12.2. The highest BCUT2D eigenvalue weighted by Gasteiger charge is 2.18. The molecule has 1 amide bonds. The minimum atomic E-state index is -0.289. The van der Waals surface area contributed by atoms with Crippen LogP contribution in [0.2, 0.25) is 0 Å². The topological polar surface area (TPSA) is 70.7 Å². The zero-order chi connectivity index (χ0) is 13.8. The Balaban J connectivity index is 2.18. The molecule has 0 aliphatic rings. The Bertz CT molecular complexity index is 625. The van der Waals surface area contributed by atoms with Crippen LogP contribution in [0.15, 0.2) is 36.5 Å². The van der Waals surface area contributed by atoms with Gasteiger partial charge in [-0.3, -0.25) is 9.48 Å². The fraction of sp³-hybridized carbons (Fsp3) is 0.214. The summed E-state index contributed by atoms with van der Waals surface area (Å²) in [6.45, 7) is 1.83. The van der Waals surface area contributed by atoms with Gasteiger partial charge in [-0.2, -0.15) is 10.4 Å². The number of hydrogen-bond donors (Lipinski definition) is 1. The van der Waals surface area contributed by atoms with Crippen LogP contribution in [-0.2, 0) is 11.8 Å². The van der Waals surface area contributed by atoms with E-state index < -0.39 is 0 Å². The predicted octanol–water partition coefficient (Wildman–Crippen LogP) is 2.03. The van der Waals surface area contributed by atoms with E-state index in [-0.39, 0.29) is 11.8 Å². The van der Waals surface area contributed by atoms with Crippen molar-refractivity contribution in [2.75, 3.05) is 5.32 Å². The summed E-state index contributed by atoms with van der Waals surface area (Å²) in [6.07, 6.45) is 1.43. The van der Waals surface area contributed by atoms with E-state index in [9.17, 15) is 4.79 Å². The molecule has 0 saturated heterocycles. The highest BCUT2D eigenvalue weighted by molar-refractivity contribution is 5.95. The SMILES string of the molecule is CC(C(=O)Nc1c(C#N)cnn1C)c1ccccc1. The average Bonchev–Trinajstić information content (AvgIpc) is 2.79. The number of nitrogens with one attached hydrogen (secondary N) is 1. The van der Waals surface area contributed by atoms with Crippen LogP contribution in [0.1, 0.15) is 24.0 Å². The van der Waals surface area contributed by atoms with Crippen LogP contribution in [0.25, 0.3) is 0 Å². The van der Waals surface area contributed by atoms with E-state index in [0.717, 1.165) is 5.56 Å². The van der Waals surface area contributed by atoms with Gasteiger partial charge in [0, 0.05) is 7.05 Å². The van der Waals surface area contributed by atoms with Crippen molar-refractivity contribution in [2.45, 2.75) is 12.8 Å². The van der Waals surface area contributed by atoms with Gasteiger partial charge in [0.05, 0.1) is 12.1 Å². The van der Waals surface area contributed by atoms with E-state index in [1.165, 1.54) is 10.9 Å². The number of rotatable bonds is 3. The third-order valence-corrected chi connectivity index (χ3v) is 2.99. The van der Waals surface area contributed by atoms with Gasteiger partial charge >= 0.3 is 0 Å². The van der Waals surface area contributed by atoms with E-state index in [4.69, 9.17) is 5.26 Å². The fourth-order valence-electron chi connectivity index (χ4n) is 1.79. The Morgan fingerprint density at radius 2 is 2.11 bits per heavy atom. The Labute approximate surface area is 111 Å². The van der Waals surface area contributed by atoms with Crippen LogP contribution in [0, 0.1) is 11.3 Å². The van der Waals surface area contributed by atoms with Gasteiger partial charge in [-0.25, -0.2) is 0 Å². The molecule has 0 spiro atoms. The van der Waals surface area contributed by atoms with E-state index in [0.29, 0.717) is 11.4 Å². The van der Waals surface area contributed by atoms with E-state index in [1.807, 2.05) is 43.3 Å².